The van der Waals surface area contributed by atoms with Gasteiger partial charge in [0.2, 0.25) is 11.8 Å². The number of carbonyl (C=O) groups excluding carboxylic acids is 2. The highest BCUT2D eigenvalue weighted by atomic mass is 35.5. The van der Waals surface area contributed by atoms with Crippen molar-refractivity contribution < 1.29 is 22.4 Å². The summed E-state index contributed by atoms with van der Waals surface area (Å²) in [4.78, 5) is 29.5. The smallest absolute Gasteiger partial charge is 0.264 e. The second-order valence-electron chi connectivity index (χ2n) is 10.9. The van der Waals surface area contributed by atoms with Gasteiger partial charge in [-0.2, -0.15) is 0 Å². The minimum atomic E-state index is -4.25. The van der Waals surface area contributed by atoms with E-state index < -0.39 is 34.3 Å². The lowest BCUT2D eigenvalue weighted by atomic mass is 10.0. The first-order chi connectivity index (χ1) is 21.5. The summed E-state index contributed by atoms with van der Waals surface area (Å²) < 4.78 is 43.1. The van der Waals surface area contributed by atoms with Crippen LogP contribution in [-0.4, -0.2) is 44.3 Å². The van der Waals surface area contributed by atoms with Crippen molar-refractivity contribution in [3.63, 3.8) is 0 Å². The van der Waals surface area contributed by atoms with E-state index in [0.717, 1.165) is 21.0 Å². The van der Waals surface area contributed by atoms with Crippen molar-refractivity contribution in [2.45, 2.75) is 51.1 Å². The molecule has 7 nitrogen and oxygen atoms in total. The molecule has 0 fully saturated rings. The number of sulfonamides is 1. The summed E-state index contributed by atoms with van der Waals surface area (Å²) in [5.74, 6) is -1.42. The monoisotopic (exact) mass is 649 g/mol. The van der Waals surface area contributed by atoms with Crippen LogP contribution in [0.15, 0.2) is 102 Å². The Balaban J connectivity index is 1.81. The fourth-order valence-corrected chi connectivity index (χ4v) is 6.39. The molecule has 4 aromatic carbocycles. The molecule has 10 heteroatoms. The third-order valence-electron chi connectivity index (χ3n) is 7.42. The van der Waals surface area contributed by atoms with Crippen LogP contribution >= 0.6 is 11.6 Å². The van der Waals surface area contributed by atoms with Gasteiger partial charge in [-0.1, -0.05) is 84.8 Å². The van der Waals surface area contributed by atoms with Gasteiger partial charge in [0, 0.05) is 24.5 Å². The summed E-state index contributed by atoms with van der Waals surface area (Å²) >= 11 is 6.42. The first-order valence-electron chi connectivity index (χ1n) is 14.7. The zero-order valence-corrected chi connectivity index (χ0v) is 27.1. The van der Waals surface area contributed by atoms with Crippen LogP contribution in [0, 0.1) is 19.7 Å². The first-order valence-corrected chi connectivity index (χ1v) is 16.5. The van der Waals surface area contributed by atoms with E-state index in [1.165, 1.54) is 35.2 Å². The van der Waals surface area contributed by atoms with Gasteiger partial charge in [0.1, 0.15) is 18.4 Å². The molecular formula is C35H37ClFN3O4S. The minimum Gasteiger partial charge on any atom is -0.354 e. The number of halogens is 2. The summed E-state index contributed by atoms with van der Waals surface area (Å²) in [6.07, 6.45) is 0.872. The van der Waals surface area contributed by atoms with Gasteiger partial charge >= 0.3 is 0 Å². The molecule has 0 aliphatic rings. The van der Waals surface area contributed by atoms with Crippen molar-refractivity contribution in [3.8, 4) is 0 Å². The number of hydrogen-bond acceptors (Lipinski definition) is 4. The molecule has 0 radical (unpaired) electrons. The Morgan fingerprint density at radius 1 is 0.889 bits per heavy atom. The van der Waals surface area contributed by atoms with E-state index in [9.17, 15) is 22.4 Å². The van der Waals surface area contributed by atoms with E-state index in [-0.39, 0.29) is 29.5 Å². The lowest BCUT2D eigenvalue weighted by Crippen LogP contribution is -2.53. The lowest BCUT2D eigenvalue weighted by molar-refractivity contribution is -0.140. The van der Waals surface area contributed by atoms with Crippen molar-refractivity contribution in [3.05, 3.63) is 130 Å². The molecule has 0 heterocycles. The Morgan fingerprint density at radius 2 is 1.56 bits per heavy atom. The zero-order valence-electron chi connectivity index (χ0n) is 25.5. The second-order valence-corrected chi connectivity index (χ2v) is 13.2. The van der Waals surface area contributed by atoms with E-state index in [4.69, 9.17) is 11.6 Å². The Morgan fingerprint density at radius 3 is 2.18 bits per heavy atom. The molecule has 4 rings (SSSR count). The van der Waals surface area contributed by atoms with Crippen LogP contribution in [0.5, 0.6) is 0 Å². The number of hydrogen-bond donors (Lipinski definition) is 1. The largest absolute Gasteiger partial charge is 0.354 e. The highest BCUT2D eigenvalue weighted by molar-refractivity contribution is 7.92. The molecular weight excluding hydrogens is 613 g/mol. The van der Waals surface area contributed by atoms with Gasteiger partial charge in [0.15, 0.2) is 0 Å². The standard InChI is InChI=1S/C35H37ClFN3O4S/c1-4-20-38-35(42)33(21-27-8-6-5-7-9-27)39(23-28-13-15-29(37)16-14-28)34(41)24-40(30-17-12-26(3)32(36)22-30)45(43,44)31-18-10-25(2)11-19-31/h5-19,22,33H,4,20-21,23-24H2,1-3H3,(H,38,42)/t33-/m0/s1. The third kappa shape index (κ3) is 8.71. The lowest BCUT2D eigenvalue weighted by Gasteiger charge is -2.34. The zero-order chi connectivity index (χ0) is 32.6. The van der Waals surface area contributed by atoms with Crippen molar-refractivity contribution in [1.82, 2.24) is 10.2 Å². The van der Waals surface area contributed by atoms with Crippen molar-refractivity contribution >= 4 is 39.1 Å². The Labute approximate surface area is 269 Å². The molecule has 0 aliphatic heterocycles. The molecule has 236 valence electrons. The van der Waals surface area contributed by atoms with Crippen LogP contribution in [0.25, 0.3) is 0 Å². The highest BCUT2D eigenvalue weighted by Crippen LogP contribution is 2.29. The number of rotatable bonds is 13. The maximum atomic E-state index is 14.4. The number of nitrogens with zero attached hydrogens (tertiary/aromatic N) is 2. The summed E-state index contributed by atoms with van der Waals surface area (Å²) in [7, 11) is -4.25. The average Bonchev–Trinajstić information content (AvgIpc) is 3.03. The minimum absolute atomic E-state index is 0.00389. The molecule has 1 N–H and O–H groups in total. The molecule has 0 aliphatic carbocycles. The fraction of sp³-hybridized carbons (Fsp3) is 0.257. The number of anilines is 1. The summed E-state index contributed by atoms with van der Waals surface area (Å²) in [6.45, 7) is 5.31. The molecule has 0 spiro atoms. The maximum Gasteiger partial charge on any atom is 0.264 e. The van der Waals surface area contributed by atoms with E-state index in [2.05, 4.69) is 5.32 Å². The van der Waals surface area contributed by atoms with Crippen molar-refractivity contribution in [2.24, 2.45) is 0 Å². The Bertz CT molecular complexity index is 1720. The Hall–Kier alpha value is -4.21. The van der Waals surface area contributed by atoms with Gasteiger partial charge in [-0.25, -0.2) is 12.8 Å². The Kier molecular flexibility index (Phi) is 11.4. The SMILES string of the molecule is CCCNC(=O)[C@H](Cc1ccccc1)N(Cc1ccc(F)cc1)C(=O)CN(c1ccc(C)c(Cl)c1)S(=O)(=O)c1ccc(C)cc1. The maximum absolute atomic E-state index is 14.4. The van der Waals surface area contributed by atoms with E-state index in [1.807, 2.05) is 44.2 Å². The van der Waals surface area contributed by atoms with Crippen LogP contribution in [-0.2, 0) is 32.6 Å². The predicted molar refractivity (Wildman–Crippen MR) is 176 cm³/mol. The van der Waals surface area contributed by atoms with Gasteiger partial charge in [-0.05, 0) is 73.4 Å². The van der Waals surface area contributed by atoms with Gasteiger partial charge < -0.3 is 10.2 Å². The van der Waals surface area contributed by atoms with E-state index in [1.54, 1.807) is 43.3 Å². The van der Waals surface area contributed by atoms with E-state index >= 15 is 0 Å². The quantitative estimate of drug-likeness (QED) is 0.180. The van der Waals surface area contributed by atoms with Crippen LogP contribution in [0.2, 0.25) is 5.02 Å². The van der Waals surface area contributed by atoms with Crippen molar-refractivity contribution in [2.75, 3.05) is 17.4 Å². The van der Waals surface area contributed by atoms with Crippen molar-refractivity contribution in [1.29, 1.82) is 0 Å². The molecule has 0 saturated carbocycles. The molecule has 2 amide bonds. The highest BCUT2D eigenvalue weighted by Gasteiger charge is 2.34. The number of nitrogens with one attached hydrogen (secondary N) is 1. The molecule has 4 aromatic rings. The molecule has 1 atom stereocenters. The van der Waals surface area contributed by atoms with Gasteiger partial charge in [-0.3, -0.25) is 13.9 Å². The predicted octanol–water partition coefficient (Wildman–Crippen LogP) is 6.46. The fourth-order valence-electron chi connectivity index (χ4n) is 4.81. The summed E-state index contributed by atoms with van der Waals surface area (Å²) in [6, 6.07) is 25.1. The average molecular weight is 650 g/mol. The number of aryl methyl sites for hydroxylation is 2. The van der Waals surface area contributed by atoms with Gasteiger partial charge in [0.25, 0.3) is 10.0 Å². The van der Waals surface area contributed by atoms with Crippen LogP contribution in [0.1, 0.15) is 35.6 Å². The molecule has 0 aromatic heterocycles. The number of carbonyl (C=O) groups is 2. The van der Waals surface area contributed by atoms with E-state index in [0.29, 0.717) is 23.6 Å². The number of amides is 2. The molecule has 0 saturated heterocycles. The van der Waals surface area contributed by atoms with Crippen LogP contribution in [0.4, 0.5) is 10.1 Å². The van der Waals surface area contributed by atoms with Gasteiger partial charge in [-0.15, -0.1) is 0 Å². The topological polar surface area (TPSA) is 86.8 Å². The first kappa shape index (κ1) is 33.7. The van der Waals surface area contributed by atoms with Crippen LogP contribution < -0.4 is 9.62 Å². The third-order valence-corrected chi connectivity index (χ3v) is 9.61. The normalized spacial score (nSPS) is 11.9. The van der Waals surface area contributed by atoms with Crippen LogP contribution in [0.3, 0.4) is 0 Å². The summed E-state index contributed by atoms with van der Waals surface area (Å²) in [5, 5.41) is 3.24. The molecule has 45 heavy (non-hydrogen) atoms. The summed E-state index contributed by atoms with van der Waals surface area (Å²) in [5.41, 5.74) is 3.23. The van der Waals surface area contributed by atoms with Gasteiger partial charge in [0.05, 0.1) is 10.6 Å². The second kappa shape index (κ2) is 15.2. The molecule has 0 unspecified atom stereocenters. The number of benzene rings is 4. The molecule has 0 bridgehead atoms.